The van der Waals surface area contributed by atoms with Gasteiger partial charge in [-0.1, -0.05) is 0 Å². The zero-order chi connectivity index (χ0) is 10.5. The lowest BCUT2D eigenvalue weighted by Gasteiger charge is -2.16. The number of rotatable bonds is 4. The van der Waals surface area contributed by atoms with Crippen molar-refractivity contribution in [3.8, 4) is 0 Å². The summed E-state index contributed by atoms with van der Waals surface area (Å²) in [6.45, 7) is 3.10. The van der Waals surface area contributed by atoms with Crippen LogP contribution in [0.15, 0.2) is 4.99 Å². The Balaban J connectivity index is 4.73. The molecule has 0 atom stereocenters. The third-order valence-corrected chi connectivity index (χ3v) is 1.65. The summed E-state index contributed by atoms with van der Waals surface area (Å²) in [6.07, 6.45) is 0.525. The number of carbonyl (C=O) groups excluding carboxylic acids is 2. The van der Waals surface area contributed by atoms with E-state index < -0.39 is 11.5 Å². The van der Waals surface area contributed by atoms with E-state index in [1.54, 1.807) is 13.8 Å². The zero-order valence-corrected chi connectivity index (χ0v) is 8.59. The Kier molecular flexibility index (Phi) is 4.62. The van der Waals surface area contributed by atoms with Crippen LogP contribution in [-0.2, 0) is 14.3 Å². The van der Waals surface area contributed by atoms with E-state index in [4.69, 9.17) is 11.6 Å². The molecule has 4 nitrogen and oxygen atoms in total. The number of carbonyl (C=O) groups is 2. The number of methoxy groups -OCH3 is 1. The molecule has 0 aliphatic rings. The van der Waals surface area contributed by atoms with Crippen LogP contribution in [0, 0.1) is 0 Å². The van der Waals surface area contributed by atoms with Crippen LogP contribution in [0.1, 0.15) is 13.8 Å². The van der Waals surface area contributed by atoms with Gasteiger partial charge in [0.05, 0.1) is 18.7 Å². The fraction of sp³-hybridized carbons (Fsp3) is 0.625. The first kappa shape index (κ1) is 12.1. The maximum atomic E-state index is 11.1. The fourth-order valence-corrected chi connectivity index (χ4v) is 0.865. The van der Waals surface area contributed by atoms with Gasteiger partial charge in [-0.25, -0.2) is 4.79 Å². The van der Waals surface area contributed by atoms with Crippen LogP contribution < -0.4 is 0 Å². The summed E-state index contributed by atoms with van der Waals surface area (Å²) in [4.78, 5) is 25.3. The molecule has 0 bridgehead atoms. The Bertz CT molecular complexity index is 236. The fourth-order valence-electron chi connectivity index (χ4n) is 0.742. The smallest absolute Gasteiger partial charge is 0.333 e. The molecule has 0 unspecified atom stereocenters. The largest absolute Gasteiger partial charge is 0.467 e. The highest BCUT2D eigenvalue weighted by Crippen LogP contribution is 2.11. The normalized spacial score (nSPS) is 12.5. The van der Waals surface area contributed by atoms with E-state index in [9.17, 15) is 9.59 Å². The lowest BCUT2D eigenvalue weighted by Crippen LogP contribution is -2.32. The topological polar surface area (TPSA) is 55.7 Å². The minimum absolute atomic E-state index is 0.01000. The molecule has 0 radical (unpaired) electrons. The van der Waals surface area contributed by atoms with Crippen LogP contribution in [0.5, 0.6) is 0 Å². The molecule has 0 aliphatic carbocycles. The van der Waals surface area contributed by atoms with E-state index in [1.807, 2.05) is 0 Å². The molecule has 74 valence electrons. The highest BCUT2D eigenvalue weighted by Gasteiger charge is 2.28. The summed E-state index contributed by atoms with van der Waals surface area (Å²) in [5, 5.41) is 0. The zero-order valence-electron chi connectivity index (χ0n) is 7.83. The second-order valence-electron chi connectivity index (χ2n) is 2.91. The summed E-state index contributed by atoms with van der Waals surface area (Å²) in [5.41, 5.74) is -0.919. The first-order valence-electron chi connectivity index (χ1n) is 3.66. The molecule has 0 aromatic rings. The third-order valence-electron chi connectivity index (χ3n) is 1.38. The molecule has 0 fully saturated rings. The summed E-state index contributed by atoms with van der Waals surface area (Å²) in [5.74, 6) is -0.513. The van der Waals surface area contributed by atoms with Crippen molar-refractivity contribution in [3.63, 3.8) is 0 Å². The van der Waals surface area contributed by atoms with Crippen molar-refractivity contribution in [1.29, 1.82) is 0 Å². The standard InChI is InChI=1S/C8H12ClNO3/c1-8(2,7(12)13-3)10-6(4-9)5-11/h5H,4H2,1-3H3. The molecule has 0 spiro atoms. The Labute approximate surface area is 81.9 Å². The van der Waals surface area contributed by atoms with Gasteiger partial charge >= 0.3 is 5.97 Å². The number of halogens is 1. The highest BCUT2D eigenvalue weighted by molar-refractivity contribution is 6.42. The van der Waals surface area contributed by atoms with Gasteiger partial charge in [-0.3, -0.25) is 9.79 Å². The van der Waals surface area contributed by atoms with Crippen LogP contribution in [0.3, 0.4) is 0 Å². The van der Waals surface area contributed by atoms with E-state index >= 15 is 0 Å². The average molecular weight is 206 g/mol. The van der Waals surface area contributed by atoms with E-state index in [0.29, 0.717) is 6.29 Å². The molecule has 0 aromatic heterocycles. The van der Waals surface area contributed by atoms with Gasteiger partial charge in [0, 0.05) is 0 Å². The SMILES string of the molecule is COC(=O)C(C)(C)N=C(C=O)CCl. The van der Waals surface area contributed by atoms with E-state index in [1.165, 1.54) is 7.11 Å². The number of hydrogen-bond acceptors (Lipinski definition) is 4. The van der Waals surface area contributed by atoms with Crippen LogP contribution in [0.25, 0.3) is 0 Å². The maximum Gasteiger partial charge on any atom is 0.333 e. The molecule has 5 heteroatoms. The molecule has 0 amide bonds. The first-order valence-corrected chi connectivity index (χ1v) is 4.19. The predicted octanol–water partition coefficient (Wildman–Crippen LogP) is 0.817. The summed E-state index contributed by atoms with van der Waals surface area (Å²) < 4.78 is 4.50. The van der Waals surface area contributed by atoms with Crippen LogP contribution in [0.2, 0.25) is 0 Å². The lowest BCUT2D eigenvalue weighted by atomic mass is 10.1. The van der Waals surface area contributed by atoms with Gasteiger partial charge in [0.25, 0.3) is 0 Å². The number of aldehydes is 1. The lowest BCUT2D eigenvalue weighted by molar-refractivity contribution is -0.145. The molecule has 13 heavy (non-hydrogen) atoms. The molecule has 0 saturated heterocycles. The average Bonchev–Trinajstić information content (AvgIpc) is 2.12. The van der Waals surface area contributed by atoms with Gasteiger partial charge in [0.1, 0.15) is 0 Å². The van der Waals surface area contributed by atoms with Crippen molar-refractivity contribution in [2.24, 2.45) is 4.99 Å². The molecule has 0 heterocycles. The monoisotopic (exact) mass is 205 g/mol. The number of alkyl halides is 1. The second kappa shape index (κ2) is 4.97. The van der Waals surface area contributed by atoms with Crippen LogP contribution in [-0.4, -0.2) is 36.5 Å². The number of esters is 1. The van der Waals surface area contributed by atoms with Crippen molar-refractivity contribution in [2.75, 3.05) is 13.0 Å². The quantitative estimate of drug-likeness (QED) is 0.296. The third kappa shape index (κ3) is 3.55. The van der Waals surface area contributed by atoms with Gasteiger partial charge in [-0.2, -0.15) is 0 Å². The van der Waals surface area contributed by atoms with E-state index in [0.717, 1.165) is 0 Å². The Morgan fingerprint density at radius 2 is 2.15 bits per heavy atom. The molecule has 0 aromatic carbocycles. The van der Waals surface area contributed by atoms with Crippen LogP contribution >= 0.6 is 11.6 Å². The van der Waals surface area contributed by atoms with Gasteiger partial charge in [0.15, 0.2) is 11.8 Å². The van der Waals surface area contributed by atoms with Crippen molar-refractivity contribution in [2.45, 2.75) is 19.4 Å². The predicted molar refractivity (Wildman–Crippen MR) is 50.3 cm³/mol. The Hall–Kier alpha value is -0.900. The molecular formula is C8H12ClNO3. The summed E-state index contributed by atoms with van der Waals surface area (Å²) >= 11 is 5.41. The molecule has 0 aliphatic heterocycles. The minimum Gasteiger partial charge on any atom is -0.467 e. The Morgan fingerprint density at radius 1 is 1.62 bits per heavy atom. The van der Waals surface area contributed by atoms with Gasteiger partial charge < -0.3 is 4.74 Å². The van der Waals surface area contributed by atoms with Crippen molar-refractivity contribution in [1.82, 2.24) is 0 Å². The molecule has 0 N–H and O–H groups in total. The number of nitrogens with zero attached hydrogens (tertiary/aromatic N) is 1. The van der Waals surface area contributed by atoms with Gasteiger partial charge in [0.2, 0.25) is 0 Å². The summed E-state index contributed by atoms with van der Waals surface area (Å²) in [6, 6.07) is 0. The minimum atomic E-state index is -1.06. The molecule has 0 rings (SSSR count). The number of aliphatic imine (C=N–C) groups is 1. The van der Waals surface area contributed by atoms with Crippen molar-refractivity contribution >= 4 is 29.6 Å². The highest BCUT2D eigenvalue weighted by atomic mass is 35.5. The van der Waals surface area contributed by atoms with Gasteiger partial charge in [-0.15, -0.1) is 11.6 Å². The second-order valence-corrected chi connectivity index (χ2v) is 3.17. The number of ether oxygens (including phenoxy) is 1. The molecular weight excluding hydrogens is 194 g/mol. The Morgan fingerprint density at radius 3 is 2.46 bits per heavy atom. The van der Waals surface area contributed by atoms with Crippen LogP contribution in [0.4, 0.5) is 0 Å². The maximum absolute atomic E-state index is 11.1. The molecule has 0 saturated carbocycles. The van der Waals surface area contributed by atoms with Gasteiger partial charge in [-0.05, 0) is 13.8 Å². The number of hydrogen-bond donors (Lipinski definition) is 0. The summed E-state index contributed by atoms with van der Waals surface area (Å²) in [7, 11) is 1.26. The first-order chi connectivity index (χ1) is 5.97. The van der Waals surface area contributed by atoms with Crippen molar-refractivity contribution < 1.29 is 14.3 Å². The van der Waals surface area contributed by atoms with Crippen molar-refractivity contribution in [3.05, 3.63) is 0 Å². The van der Waals surface area contributed by atoms with E-state index in [-0.39, 0.29) is 11.6 Å². The van der Waals surface area contributed by atoms with E-state index in [2.05, 4.69) is 9.73 Å².